The first-order chi connectivity index (χ1) is 11.1. The minimum atomic E-state index is -0.459. The Labute approximate surface area is 137 Å². The molecule has 0 aromatic carbocycles. The van der Waals surface area contributed by atoms with E-state index in [0.717, 1.165) is 25.5 Å². The van der Waals surface area contributed by atoms with Gasteiger partial charge in [-0.1, -0.05) is 31.4 Å². The maximum Gasteiger partial charge on any atom is 0.327 e. The zero-order valence-corrected chi connectivity index (χ0v) is 13.4. The highest BCUT2D eigenvalue weighted by Gasteiger charge is 2.17. The molecule has 0 spiro atoms. The average molecular weight is 335 g/mol. The number of aromatic nitrogens is 4. The van der Waals surface area contributed by atoms with Crippen LogP contribution in [0.3, 0.4) is 0 Å². The van der Waals surface area contributed by atoms with Crippen molar-refractivity contribution in [1.82, 2.24) is 19.5 Å². The Kier molecular flexibility index (Phi) is 4.43. The van der Waals surface area contributed by atoms with Crippen LogP contribution in [0.5, 0.6) is 0 Å². The lowest BCUT2D eigenvalue weighted by molar-refractivity contribution is 0.601. The van der Waals surface area contributed by atoms with Crippen molar-refractivity contribution in [2.75, 3.05) is 0 Å². The van der Waals surface area contributed by atoms with Gasteiger partial charge >= 0.3 is 5.69 Å². The Morgan fingerprint density at radius 2 is 2.13 bits per heavy atom. The summed E-state index contributed by atoms with van der Waals surface area (Å²) in [6, 6.07) is 1.35. The van der Waals surface area contributed by atoms with E-state index >= 15 is 0 Å². The van der Waals surface area contributed by atoms with Crippen LogP contribution in [0.2, 0.25) is 5.02 Å². The van der Waals surface area contributed by atoms with Gasteiger partial charge in [-0.05, 0) is 12.5 Å². The van der Waals surface area contributed by atoms with Crippen molar-refractivity contribution in [1.29, 1.82) is 0 Å². The number of halogens is 2. The lowest BCUT2D eigenvalue weighted by Crippen LogP contribution is -2.17. The van der Waals surface area contributed by atoms with Crippen molar-refractivity contribution in [2.24, 2.45) is 0 Å². The van der Waals surface area contributed by atoms with E-state index in [2.05, 4.69) is 21.9 Å². The molecule has 0 fully saturated rings. The molecule has 0 aliphatic carbocycles. The molecule has 23 heavy (non-hydrogen) atoms. The molecule has 5 nitrogen and oxygen atoms in total. The molecule has 120 valence electrons. The van der Waals surface area contributed by atoms with Gasteiger partial charge in [0.1, 0.15) is 5.82 Å². The van der Waals surface area contributed by atoms with Crippen LogP contribution in [0.4, 0.5) is 4.39 Å². The van der Waals surface area contributed by atoms with E-state index in [0.29, 0.717) is 33.9 Å². The Balaban J connectivity index is 2.23. The summed E-state index contributed by atoms with van der Waals surface area (Å²) in [4.78, 5) is 23.0. The third-order valence-corrected chi connectivity index (χ3v) is 4.01. The van der Waals surface area contributed by atoms with Crippen LogP contribution in [0, 0.1) is 5.82 Å². The largest absolute Gasteiger partial charge is 0.327 e. The van der Waals surface area contributed by atoms with E-state index in [1.54, 1.807) is 4.57 Å². The standard InChI is InChI=1S/C16H16ClFN4O/c1-2-3-4-5-22-14-13(10-6-11(18)8-19-7-10)12(17)9-20-15(14)21-16(22)23/h6-9H,2-5H2,1H3,(H,20,21,23). The van der Waals surface area contributed by atoms with Crippen LogP contribution in [-0.4, -0.2) is 19.5 Å². The second kappa shape index (κ2) is 6.50. The maximum atomic E-state index is 13.5. The van der Waals surface area contributed by atoms with E-state index in [1.807, 2.05) is 0 Å². The third-order valence-electron chi connectivity index (χ3n) is 3.73. The zero-order chi connectivity index (χ0) is 16.4. The van der Waals surface area contributed by atoms with Crippen LogP contribution in [0.25, 0.3) is 22.3 Å². The SMILES string of the molecule is CCCCCn1c(=O)[nH]c2ncc(Cl)c(-c3cncc(F)c3)c21. The molecular formula is C16H16ClFN4O. The Bertz CT molecular complexity index is 903. The van der Waals surface area contributed by atoms with Gasteiger partial charge in [-0.3, -0.25) is 14.5 Å². The van der Waals surface area contributed by atoms with E-state index in [1.165, 1.54) is 18.5 Å². The van der Waals surface area contributed by atoms with Gasteiger partial charge in [0.25, 0.3) is 0 Å². The van der Waals surface area contributed by atoms with Crippen LogP contribution < -0.4 is 5.69 Å². The smallest absolute Gasteiger partial charge is 0.290 e. The quantitative estimate of drug-likeness (QED) is 0.722. The minimum Gasteiger partial charge on any atom is -0.290 e. The molecule has 0 aliphatic heterocycles. The first-order valence-corrected chi connectivity index (χ1v) is 7.87. The summed E-state index contributed by atoms with van der Waals surface area (Å²) >= 11 is 6.29. The highest BCUT2D eigenvalue weighted by molar-refractivity contribution is 6.34. The Morgan fingerprint density at radius 1 is 1.30 bits per heavy atom. The summed E-state index contributed by atoms with van der Waals surface area (Å²) in [5, 5.41) is 0.355. The molecule has 0 amide bonds. The summed E-state index contributed by atoms with van der Waals surface area (Å²) in [5.74, 6) is -0.459. The van der Waals surface area contributed by atoms with Crippen molar-refractivity contribution >= 4 is 22.8 Å². The molecule has 0 bridgehead atoms. The summed E-state index contributed by atoms with van der Waals surface area (Å²) in [7, 11) is 0. The van der Waals surface area contributed by atoms with Crippen LogP contribution in [-0.2, 0) is 6.54 Å². The molecule has 3 rings (SSSR count). The first-order valence-electron chi connectivity index (χ1n) is 7.49. The Morgan fingerprint density at radius 3 is 2.87 bits per heavy atom. The number of imidazole rings is 1. The maximum absolute atomic E-state index is 13.5. The lowest BCUT2D eigenvalue weighted by Gasteiger charge is -2.09. The fourth-order valence-corrected chi connectivity index (χ4v) is 2.91. The molecule has 0 aliphatic rings. The van der Waals surface area contributed by atoms with E-state index in [9.17, 15) is 9.18 Å². The topological polar surface area (TPSA) is 63.6 Å². The number of H-pyrrole nitrogens is 1. The third kappa shape index (κ3) is 2.99. The van der Waals surface area contributed by atoms with E-state index in [4.69, 9.17) is 11.6 Å². The molecule has 7 heteroatoms. The van der Waals surface area contributed by atoms with Gasteiger partial charge in [0, 0.05) is 30.1 Å². The fraction of sp³-hybridized carbons (Fsp3) is 0.312. The predicted octanol–water partition coefficient (Wildman–Crippen LogP) is 3.77. The van der Waals surface area contributed by atoms with Gasteiger partial charge in [-0.15, -0.1) is 0 Å². The number of rotatable bonds is 5. The van der Waals surface area contributed by atoms with Crippen molar-refractivity contribution in [3.63, 3.8) is 0 Å². The van der Waals surface area contributed by atoms with Crippen LogP contribution in [0.1, 0.15) is 26.2 Å². The molecule has 0 saturated carbocycles. The van der Waals surface area contributed by atoms with E-state index in [-0.39, 0.29) is 5.69 Å². The van der Waals surface area contributed by atoms with Gasteiger partial charge < -0.3 is 0 Å². The van der Waals surface area contributed by atoms with E-state index < -0.39 is 5.82 Å². The fourth-order valence-electron chi connectivity index (χ4n) is 2.66. The number of unbranched alkanes of at least 4 members (excludes halogenated alkanes) is 2. The second-order valence-electron chi connectivity index (χ2n) is 5.36. The number of aromatic amines is 1. The van der Waals surface area contributed by atoms with Gasteiger partial charge in [0.2, 0.25) is 0 Å². The summed E-state index contributed by atoms with van der Waals surface area (Å²) in [5.41, 5.74) is 1.88. The number of hydrogen-bond donors (Lipinski definition) is 1. The number of nitrogens with zero attached hydrogens (tertiary/aromatic N) is 3. The molecule has 3 heterocycles. The van der Waals surface area contributed by atoms with Crippen LogP contribution in [0.15, 0.2) is 29.5 Å². The number of pyridine rings is 2. The molecule has 0 atom stereocenters. The molecular weight excluding hydrogens is 319 g/mol. The van der Waals surface area contributed by atoms with Crippen molar-refractivity contribution in [3.8, 4) is 11.1 Å². The van der Waals surface area contributed by atoms with Crippen molar-refractivity contribution in [3.05, 3.63) is 46.0 Å². The molecule has 3 aromatic heterocycles. The molecule has 0 unspecified atom stereocenters. The number of hydrogen-bond acceptors (Lipinski definition) is 3. The molecule has 1 N–H and O–H groups in total. The van der Waals surface area contributed by atoms with Crippen LogP contribution >= 0.6 is 11.6 Å². The second-order valence-corrected chi connectivity index (χ2v) is 5.77. The summed E-state index contributed by atoms with van der Waals surface area (Å²) in [6.45, 7) is 2.66. The molecule has 0 saturated heterocycles. The highest BCUT2D eigenvalue weighted by Crippen LogP contribution is 2.33. The normalized spacial score (nSPS) is 11.3. The molecule has 3 aromatic rings. The summed E-state index contributed by atoms with van der Waals surface area (Å²) < 4.78 is 15.2. The van der Waals surface area contributed by atoms with Gasteiger partial charge in [0.15, 0.2) is 5.65 Å². The van der Waals surface area contributed by atoms with Crippen molar-refractivity contribution in [2.45, 2.75) is 32.7 Å². The number of aryl methyl sites for hydroxylation is 1. The zero-order valence-electron chi connectivity index (χ0n) is 12.6. The highest BCUT2D eigenvalue weighted by atomic mass is 35.5. The average Bonchev–Trinajstić information content (AvgIpc) is 2.84. The molecule has 0 radical (unpaired) electrons. The summed E-state index contributed by atoms with van der Waals surface area (Å²) in [6.07, 6.45) is 7.05. The van der Waals surface area contributed by atoms with Gasteiger partial charge in [-0.2, -0.15) is 0 Å². The minimum absolute atomic E-state index is 0.239. The Hall–Kier alpha value is -2.21. The number of nitrogens with one attached hydrogen (secondary N) is 1. The van der Waals surface area contributed by atoms with Gasteiger partial charge in [0.05, 0.1) is 16.7 Å². The predicted molar refractivity (Wildman–Crippen MR) is 88.1 cm³/mol. The van der Waals surface area contributed by atoms with Gasteiger partial charge in [-0.25, -0.2) is 14.2 Å². The number of fused-ring (bicyclic) bond motifs is 1. The monoisotopic (exact) mass is 334 g/mol. The first kappa shape index (κ1) is 15.7. The lowest BCUT2D eigenvalue weighted by atomic mass is 10.1. The van der Waals surface area contributed by atoms with Crippen molar-refractivity contribution < 1.29 is 4.39 Å².